The van der Waals surface area contributed by atoms with Crippen LogP contribution in [0.15, 0.2) is 6.20 Å². The van der Waals surface area contributed by atoms with Crippen LogP contribution in [0, 0.1) is 23.2 Å². The first-order chi connectivity index (χ1) is 21.9. The molecule has 1 aliphatic heterocycles. The second-order valence-corrected chi connectivity index (χ2v) is 15.9. The van der Waals surface area contributed by atoms with Gasteiger partial charge in [0.2, 0.25) is 11.8 Å². The van der Waals surface area contributed by atoms with E-state index in [0.29, 0.717) is 58.1 Å². The number of carbonyl (C=O) groups excluding carboxylic acids is 3. The van der Waals surface area contributed by atoms with Crippen molar-refractivity contribution in [1.29, 1.82) is 0 Å². The van der Waals surface area contributed by atoms with E-state index in [1.807, 2.05) is 46.5 Å². The van der Waals surface area contributed by atoms with Gasteiger partial charge in [-0.1, -0.05) is 27.7 Å². The summed E-state index contributed by atoms with van der Waals surface area (Å²) in [5.41, 5.74) is 0.946. The van der Waals surface area contributed by atoms with Crippen molar-refractivity contribution in [3.63, 3.8) is 0 Å². The zero-order valence-electron chi connectivity index (χ0n) is 31.2. The SMILES string of the molecule is CCN(C)C(=O)C1CC(c2nn(C3CCCCO3)cc2CN(C)CCN(C)C(=O)OC(C)(C)C)CC(C(=O)NCCC(C)C)C1(C)C. The van der Waals surface area contributed by atoms with Crippen molar-refractivity contribution in [2.45, 2.75) is 118 Å². The van der Waals surface area contributed by atoms with Gasteiger partial charge in [0.05, 0.1) is 5.69 Å². The Labute approximate surface area is 284 Å². The maximum absolute atomic E-state index is 13.9. The van der Waals surface area contributed by atoms with Gasteiger partial charge in [0.15, 0.2) is 0 Å². The highest BCUT2D eigenvalue weighted by molar-refractivity contribution is 5.84. The predicted octanol–water partition coefficient (Wildman–Crippen LogP) is 5.66. The Bertz CT molecular complexity index is 1180. The van der Waals surface area contributed by atoms with Gasteiger partial charge in [0.25, 0.3) is 0 Å². The predicted molar refractivity (Wildman–Crippen MR) is 185 cm³/mol. The minimum Gasteiger partial charge on any atom is -0.444 e. The highest BCUT2D eigenvalue weighted by Gasteiger charge is 2.51. The van der Waals surface area contributed by atoms with E-state index in [4.69, 9.17) is 14.6 Å². The fraction of sp³-hybridized carbons (Fsp3) is 0.833. The van der Waals surface area contributed by atoms with Gasteiger partial charge in [-0.2, -0.15) is 5.10 Å². The number of aromatic nitrogens is 2. The number of nitrogens with zero attached hydrogens (tertiary/aromatic N) is 5. The van der Waals surface area contributed by atoms with Crippen LogP contribution in [0.3, 0.4) is 0 Å². The number of hydrogen-bond acceptors (Lipinski definition) is 7. The highest BCUT2D eigenvalue weighted by Crippen LogP contribution is 2.51. The second kappa shape index (κ2) is 16.6. The molecule has 11 nitrogen and oxygen atoms in total. The molecule has 47 heavy (non-hydrogen) atoms. The lowest BCUT2D eigenvalue weighted by molar-refractivity contribution is -0.146. The molecule has 3 amide bonds. The largest absolute Gasteiger partial charge is 0.444 e. The smallest absolute Gasteiger partial charge is 0.410 e. The molecule has 0 radical (unpaired) electrons. The number of rotatable bonds is 13. The van der Waals surface area contributed by atoms with Crippen LogP contribution >= 0.6 is 0 Å². The van der Waals surface area contributed by atoms with E-state index in [0.717, 1.165) is 36.9 Å². The Morgan fingerprint density at radius 1 is 1.09 bits per heavy atom. The van der Waals surface area contributed by atoms with Crippen molar-refractivity contribution in [2.24, 2.45) is 23.2 Å². The zero-order valence-corrected chi connectivity index (χ0v) is 31.2. The van der Waals surface area contributed by atoms with Crippen molar-refractivity contribution in [3.8, 4) is 0 Å². The summed E-state index contributed by atoms with van der Waals surface area (Å²) in [6, 6.07) is 0. The standard InChI is InChI=1S/C36H64N6O5/c1-12-40(10)33(44)29-22-26(21-28(36(29,7)8)32(43)37-17-16-25(2)3)31-27(24-42(38-31)30-15-13-14-20-46-30)23-39(9)18-19-41(11)34(45)47-35(4,5)6/h24-26,28-30H,12-23H2,1-11H3,(H,37,43). The first-order valence-corrected chi connectivity index (χ1v) is 17.8. The first-order valence-electron chi connectivity index (χ1n) is 17.8. The maximum Gasteiger partial charge on any atom is 0.410 e. The molecule has 0 bridgehead atoms. The molecule has 4 unspecified atom stereocenters. The van der Waals surface area contributed by atoms with E-state index >= 15 is 0 Å². The van der Waals surface area contributed by atoms with E-state index in [-0.39, 0.29) is 41.9 Å². The molecule has 268 valence electrons. The summed E-state index contributed by atoms with van der Waals surface area (Å²) in [5.74, 6) is -0.129. The molecular weight excluding hydrogens is 596 g/mol. The van der Waals surface area contributed by atoms with Gasteiger partial charge >= 0.3 is 6.09 Å². The van der Waals surface area contributed by atoms with Gasteiger partial charge in [0.1, 0.15) is 11.8 Å². The molecule has 3 rings (SSSR count). The molecular formula is C36H64N6O5. The molecule has 2 aliphatic rings. The maximum atomic E-state index is 13.9. The van der Waals surface area contributed by atoms with Gasteiger partial charge in [0, 0.05) is 82.9 Å². The molecule has 2 heterocycles. The Kier molecular flexibility index (Phi) is 13.7. The van der Waals surface area contributed by atoms with Crippen LogP contribution in [0.5, 0.6) is 0 Å². The van der Waals surface area contributed by atoms with E-state index in [1.54, 1.807) is 16.8 Å². The normalized spacial score (nSPS) is 23.1. The minimum absolute atomic E-state index is 0.0243. The van der Waals surface area contributed by atoms with E-state index in [9.17, 15) is 14.4 Å². The lowest BCUT2D eigenvalue weighted by atomic mass is 9.58. The van der Waals surface area contributed by atoms with Crippen LogP contribution in [0.25, 0.3) is 0 Å². The number of nitrogens with one attached hydrogen (secondary N) is 1. The summed E-state index contributed by atoms with van der Waals surface area (Å²) in [6.07, 6.45) is 6.84. The molecule has 1 aromatic heterocycles. The molecule has 1 saturated heterocycles. The molecule has 1 aliphatic carbocycles. The Balaban J connectivity index is 1.92. The Morgan fingerprint density at radius 3 is 2.36 bits per heavy atom. The fourth-order valence-electron chi connectivity index (χ4n) is 6.74. The minimum atomic E-state index is -0.551. The number of hydrogen-bond donors (Lipinski definition) is 1. The average molecular weight is 661 g/mol. The van der Waals surface area contributed by atoms with Crippen molar-refractivity contribution in [3.05, 3.63) is 17.5 Å². The summed E-state index contributed by atoms with van der Waals surface area (Å²) in [5, 5.41) is 8.39. The quantitative estimate of drug-likeness (QED) is 0.291. The lowest BCUT2D eigenvalue weighted by Crippen LogP contribution is -2.52. The number of amides is 3. The topological polar surface area (TPSA) is 109 Å². The molecule has 1 N–H and O–H groups in total. The van der Waals surface area contributed by atoms with Crippen LogP contribution < -0.4 is 5.32 Å². The summed E-state index contributed by atoms with van der Waals surface area (Å²) in [7, 11) is 5.65. The van der Waals surface area contributed by atoms with Crippen LogP contribution in [-0.2, 0) is 25.6 Å². The van der Waals surface area contributed by atoms with Crippen molar-refractivity contribution < 1.29 is 23.9 Å². The summed E-state index contributed by atoms with van der Waals surface area (Å²) in [6.45, 7) is 19.8. The van der Waals surface area contributed by atoms with Crippen LogP contribution in [0.4, 0.5) is 4.79 Å². The monoisotopic (exact) mass is 660 g/mol. The van der Waals surface area contributed by atoms with Crippen LogP contribution in [0.1, 0.15) is 117 Å². The third-order valence-corrected chi connectivity index (χ3v) is 9.96. The third-order valence-electron chi connectivity index (χ3n) is 9.96. The molecule has 0 aromatic carbocycles. The van der Waals surface area contributed by atoms with Gasteiger partial charge < -0.3 is 29.5 Å². The van der Waals surface area contributed by atoms with E-state index in [1.165, 1.54) is 0 Å². The van der Waals surface area contributed by atoms with Gasteiger partial charge in [-0.25, -0.2) is 9.48 Å². The second-order valence-electron chi connectivity index (χ2n) is 15.9. The molecule has 0 spiro atoms. The Morgan fingerprint density at radius 2 is 1.77 bits per heavy atom. The fourth-order valence-corrected chi connectivity index (χ4v) is 6.74. The van der Waals surface area contributed by atoms with Gasteiger partial charge in [-0.15, -0.1) is 0 Å². The first kappa shape index (κ1) is 38.8. The van der Waals surface area contributed by atoms with Crippen molar-refractivity contribution in [1.82, 2.24) is 29.8 Å². The van der Waals surface area contributed by atoms with Crippen molar-refractivity contribution >= 4 is 17.9 Å². The average Bonchev–Trinajstić information content (AvgIpc) is 3.41. The molecule has 1 aromatic rings. The van der Waals surface area contributed by atoms with Crippen LogP contribution in [-0.4, -0.2) is 102 Å². The van der Waals surface area contributed by atoms with E-state index in [2.05, 4.69) is 44.1 Å². The molecule has 4 atom stereocenters. The lowest BCUT2D eigenvalue weighted by Gasteiger charge is -2.47. The summed E-state index contributed by atoms with van der Waals surface area (Å²) in [4.78, 5) is 45.9. The summed E-state index contributed by atoms with van der Waals surface area (Å²) >= 11 is 0. The van der Waals surface area contributed by atoms with Crippen molar-refractivity contribution in [2.75, 3.05) is 53.9 Å². The number of likely N-dealkylation sites (N-methyl/N-ethyl adjacent to an activating group) is 2. The highest BCUT2D eigenvalue weighted by atomic mass is 16.6. The summed E-state index contributed by atoms with van der Waals surface area (Å²) < 4.78 is 13.6. The van der Waals surface area contributed by atoms with Gasteiger partial charge in [-0.05, 0) is 84.6 Å². The number of ether oxygens (including phenoxy) is 2. The van der Waals surface area contributed by atoms with Crippen LogP contribution in [0.2, 0.25) is 0 Å². The number of carbonyl (C=O) groups is 3. The molecule has 11 heteroatoms. The zero-order chi connectivity index (χ0) is 35.1. The molecule has 1 saturated carbocycles. The Hall–Kier alpha value is -2.66. The third kappa shape index (κ3) is 10.7. The van der Waals surface area contributed by atoms with E-state index < -0.39 is 11.0 Å². The molecule has 2 fully saturated rings. The van der Waals surface area contributed by atoms with Gasteiger partial charge in [-0.3, -0.25) is 9.59 Å².